The summed E-state index contributed by atoms with van der Waals surface area (Å²) >= 11 is 5.73. The van der Waals surface area contributed by atoms with E-state index in [4.69, 9.17) is 11.6 Å². The molecule has 1 rings (SSSR count). The third kappa shape index (κ3) is 3.25. The maximum Gasteiger partial charge on any atom is 0.516 e. The second-order valence-corrected chi connectivity index (χ2v) is 2.96. The van der Waals surface area contributed by atoms with Crippen LogP contribution in [-0.2, 0) is 9.47 Å². The number of hydrogen-bond donors (Lipinski definition) is 0. The molecule has 0 heterocycles. The number of hydrogen-bond acceptors (Lipinski definition) is 4. The number of benzene rings is 1. The molecule has 0 bridgehead atoms. The Bertz CT molecular complexity index is 375. The molecule has 0 spiro atoms. The minimum Gasteiger partial charge on any atom is -0.434 e. The first-order valence-corrected chi connectivity index (χ1v) is 4.66. The van der Waals surface area contributed by atoms with Crippen LogP contribution in [0.4, 0.5) is 4.79 Å². The summed E-state index contributed by atoms with van der Waals surface area (Å²) in [5, 5.41) is 0.229. The molecule has 0 N–H and O–H groups in total. The molecule has 0 atom stereocenters. The van der Waals surface area contributed by atoms with Gasteiger partial charge in [-0.05, 0) is 19.1 Å². The molecule has 0 amide bonds. The predicted octanol–water partition coefficient (Wildman–Crippen LogP) is 2.65. The summed E-state index contributed by atoms with van der Waals surface area (Å²) < 4.78 is 8.82. The van der Waals surface area contributed by atoms with E-state index < -0.39 is 12.1 Å². The molecule has 0 aliphatic carbocycles. The highest BCUT2D eigenvalue weighted by Crippen LogP contribution is 2.15. The third-order valence-corrected chi connectivity index (χ3v) is 1.86. The zero-order valence-electron chi connectivity index (χ0n) is 8.03. The summed E-state index contributed by atoms with van der Waals surface area (Å²) in [5.74, 6) is -0.820. The van der Waals surface area contributed by atoms with Crippen LogP contribution in [0.15, 0.2) is 24.3 Å². The largest absolute Gasteiger partial charge is 0.516 e. The van der Waals surface area contributed by atoms with E-state index >= 15 is 0 Å². The molecule has 80 valence electrons. The monoisotopic (exact) mass is 228 g/mol. The van der Waals surface area contributed by atoms with Crippen LogP contribution < -0.4 is 0 Å². The van der Waals surface area contributed by atoms with Gasteiger partial charge in [0.15, 0.2) is 0 Å². The number of esters is 1. The molecular formula is C10H9ClO4. The first-order valence-electron chi connectivity index (χ1n) is 4.28. The molecule has 0 fully saturated rings. The summed E-state index contributed by atoms with van der Waals surface area (Å²) in [5.41, 5.74) is 0.132. The lowest BCUT2D eigenvalue weighted by molar-refractivity contribution is 0.0402. The summed E-state index contributed by atoms with van der Waals surface area (Å²) in [4.78, 5) is 22.2. The zero-order valence-corrected chi connectivity index (χ0v) is 8.78. The minimum atomic E-state index is -1.03. The van der Waals surface area contributed by atoms with Gasteiger partial charge in [0.05, 0.1) is 17.2 Å². The highest BCUT2D eigenvalue weighted by Gasteiger charge is 2.15. The molecule has 0 radical (unpaired) electrons. The highest BCUT2D eigenvalue weighted by molar-refractivity contribution is 6.33. The highest BCUT2D eigenvalue weighted by atomic mass is 35.5. The van der Waals surface area contributed by atoms with Crippen LogP contribution in [0.2, 0.25) is 5.02 Å². The van der Waals surface area contributed by atoms with Crippen LogP contribution in [0.1, 0.15) is 17.3 Å². The van der Waals surface area contributed by atoms with Crippen molar-refractivity contribution in [1.82, 2.24) is 0 Å². The van der Waals surface area contributed by atoms with Gasteiger partial charge in [-0.1, -0.05) is 23.7 Å². The molecule has 1 aromatic carbocycles. The van der Waals surface area contributed by atoms with E-state index in [9.17, 15) is 9.59 Å². The van der Waals surface area contributed by atoms with Gasteiger partial charge in [-0.2, -0.15) is 0 Å². The van der Waals surface area contributed by atoms with Crippen LogP contribution in [0.5, 0.6) is 0 Å². The summed E-state index contributed by atoms with van der Waals surface area (Å²) in [6.07, 6.45) is -1.03. The number of carbonyl (C=O) groups is 2. The second kappa shape index (κ2) is 5.36. The van der Waals surface area contributed by atoms with Gasteiger partial charge < -0.3 is 9.47 Å². The van der Waals surface area contributed by atoms with E-state index in [2.05, 4.69) is 9.47 Å². The van der Waals surface area contributed by atoms with Crippen LogP contribution in [0.25, 0.3) is 0 Å². The van der Waals surface area contributed by atoms with Crippen molar-refractivity contribution < 1.29 is 19.1 Å². The first kappa shape index (κ1) is 11.5. The molecule has 5 heteroatoms. The SMILES string of the molecule is CCOC(=O)OC(=O)c1ccccc1Cl. The Morgan fingerprint density at radius 1 is 1.33 bits per heavy atom. The van der Waals surface area contributed by atoms with E-state index in [0.717, 1.165) is 0 Å². The molecule has 4 nitrogen and oxygen atoms in total. The number of ether oxygens (including phenoxy) is 2. The van der Waals surface area contributed by atoms with E-state index in [1.54, 1.807) is 19.1 Å². The minimum absolute atomic E-state index is 0.132. The van der Waals surface area contributed by atoms with E-state index in [0.29, 0.717) is 0 Å². The van der Waals surface area contributed by atoms with Gasteiger partial charge in [-0.15, -0.1) is 0 Å². The van der Waals surface area contributed by atoms with Gasteiger partial charge in [0, 0.05) is 0 Å². The number of rotatable bonds is 2. The van der Waals surface area contributed by atoms with Crippen LogP contribution in [0, 0.1) is 0 Å². The van der Waals surface area contributed by atoms with Gasteiger partial charge >= 0.3 is 12.1 Å². The summed E-state index contributed by atoms with van der Waals surface area (Å²) in [7, 11) is 0. The maximum absolute atomic E-state index is 11.3. The van der Waals surface area contributed by atoms with E-state index in [1.165, 1.54) is 12.1 Å². The van der Waals surface area contributed by atoms with Gasteiger partial charge in [-0.3, -0.25) is 0 Å². The van der Waals surface area contributed by atoms with Crippen molar-refractivity contribution in [2.24, 2.45) is 0 Å². The number of carbonyl (C=O) groups excluding carboxylic acids is 2. The lowest BCUT2D eigenvalue weighted by Gasteiger charge is -2.03. The van der Waals surface area contributed by atoms with Crippen molar-refractivity contribution in [2.75, 3.05) is 6.61 Å². The lowest BCUT2D eigenvalue weighted by Crippen LogP contribution is -2.14. The van der Waals surface area contributed by atoms with Crippen molar-refractivity contribution in [3.63, 3.8) is 0 Å². The molecular weight excluding hydrogens is 220 g/mol. The molecule has 0 aliphatic heterocycles. The third-order valence-electron chi connectivity index (χ3n) is 1.53. The fourth-order valence-corrected chi connectivity index (χ4v) is 1.12. The van der Waals surface area contributed by atoms with Gasteiger partial charge in [-0.25, -0.2) is 9.59 Å². The predicted molar refractivity (Wildman–Crippen MR) is 53.9 cm³/mol. The Balaban J connectivity index is 2.70. The van der Waals surface area contributed by atoms with Crippen LogP contribution in [0.3, 0.4) is 0 Å². The standard InChI is InChI=1S/C10H9ClO4/c1-2-14-10(13)15-9(12)7-5-3-4-6-8(7)11/h3-6H,2H2,1H3. The van der Waals surface area contributed by atoms with Crippen LogP contribution >= 0.6 is 11.6 Å². The van der Waals surface area contributed by atoms with Gasteiger partial charge in [0.1, 0.15) is 0 Å². The molecule has 0 saturated heterocycles. The van der Waals surface area contributed by atoms with Crippen LogP contribution in [-0.4, -0.2) is 18.7 Å². The Morgan fingerprint density at radius 3 is 2.60 bits per heavy atom. The van der Waals surface area contributed by atoms with Gasteiger partial charge in [0.25, 0.3) is 0 Å². The van der Waals surface area contributed by atoms with Crippen molar-refractivity contribution in [1.29, 1.82) is 0 Å². The molecule has 0 aliphatic rings. The van der Waals surface area contributed by atoms with Crippen molar-refractivity contribution in [2.45, 2.75) is 6.92 Å². The molecule has 0 aromatic heterocycles. The summed E-state index contributed by atoms with van der Waals surface area (Å²) in [6, 6.07) is 6.28. The zero-order chi connectivity index (χ0) is 11.3. The Labute approximate surface area is 91.7 Å². The maximum atomic E-state index is 11.3. The second-order valence-electron chi connectivity index (χ2n) is 2.55. The molecule has 15 heavy (non-hydrogen) atoms. The van der Waals surface area contributed by atoms with Crippen molar-refractivity contribution in [3.05, 3.63) is 34.9 Å². The first-order chi connectivity index (χ1) is 7.15. The van der Waals surface area contributed by atoms with Gasteiger partial charge in [0.2, 0.25) is 0 Å². The Hall–Kier alpha value is -1.55. The Morgan fingerprint density at radius 2 is 2.00 bits per heavy atom. The molecule has 0 saturated carbocycles. The van der Waals surface area contributed by atoms with E-state index in [1.807, 2.05) is 0 Å². The lowest BCUT2D eigenvalue weighted by atomic mass is 10.2. The Kier molecular flexibility index (Phi) is 4.12. The number of halogens is 1. The molecule has 0 unspecified atom stereocenters. The average molecular weight is 229 g/mol. The summed E-state index contributed by atoms with van der Waals surface area (Å²) in [6.45, 7) is 1.76. The fraction of sp³-hybridized carbons (Fsp3) is 0.200. The van der Waals surface area contributed by atoms with E-state index in [-0.39, 0.29) is 17.2 Å². The fourth-order valence-electron chi connectivity index (χ4n) is 0.905. The molecule has 1 aromatic rings. The van der Waals surface area contributed by atoms with Crippen molar-refractivity contribution in [3.8, 4) is 0 Å². The topological polar surface area (TPSA) is 52.6 Å². The van der Waals surface area contributed by atoms with Crippen molar-refractivity contribution >= 4 is 23.7 Å². The normalized spacial score (nSPS) is 9.47. The quantitative estimate of drug-likeness (QED) is 0.577. The average Bonchev–Trinajstić information content (AvgIpc) is 2.18. The smallest absolute Gasteiger partial charge is 0.434 e.